The van der Waals surface area contributed by atoms with Gasteiger partial charge in [-0.25, -0.2) is 0 Å². The van der Waals surface area contributed by atoms with Crippen molar-refractivity contribution in [3.8, 4) is 0 Å². The van der Waals surface area contributed by atoms with Crippen molar-refractivity contribution in [3.63, 3.8) is 0 Å². The number of carbonyl (C=O) groups excluding carboxylic acids is 1. The summed E-state index contributed by atoms with van der Waals surface area (Å²) < 4.78 is 0. The van der Waals surface area contributed by atoms with E-state index in [0.717, 1.165) is 29.7 Å². The highest BCUT2D eigenvalue weighted by Gasteiger charge is 2.19. The lowest BCUT2D eigenvalue weighted by molar-refractivity contribution is 0.100. The van der Waals surface area contributed by atoms with Gasteiger partial charge in [-0.15, -0.1) is 0 Å². The van der Waals surface area contributed by atoms with Gasteiger partial charge in [-0.3, -0.25) is 9.78 Å². The Labute approximate surface area is 119 Å². The lowest BCUT2D eigenvalue weighted by atomic mass is 9.83. The van der Waals surface area contributed by atoms with Crippen LogP contribution in [0.15, 0.2) is 24.3 Å². The fraction of sp³-hybridized carbons (Fsp3) is 0.412. The standard InChI is InChI=1S/C17H20N2O/c1-2-3-11-4-6-15-13(8-11)10-14-9-12(17(18)20)5-7-16(14)19-15/h5,7,9-11H,2-4,6,8H2,1H3,(H2,18,20). The van der Waals surface area contributed by atoms with E-state index in [-0.39, 0.29) is 5.91 Å². The summed E-state index contributed by atoms with van der Waals surface area (Å²) in [5, 5.41) is 1.03. The molecule has 1 unspecified atom stereocenters. The van der Waals surface area contributed by atoms with Gasteiger partial charge >= 0.3 is 0 Å². The first-order valence-corrected chi connectivity index (χ1v) is 7.39. The molecule has 0 saturated carbocycles. The molecule has 0 aliphatic heterocycles. The Balaban J connectivity index is 2.01. The monoisotopic (exact) mass is 268 g/mol. The molecule has 1 aromatic carbocycles. The number of nitrogens with two attached hydrogens (primary N) is 1. The first-order chi connectivity index (χ1) is 9.67. The highest BCUT2D eigenvalue weighted by atomic mass is 16.1. The predicted octanol–water partition coefficient (Wildman–Crippen LogP) is 3.24. The van der Waals surface area contributed by atoms with Crippen molar-refractivity contribution < 1.29 is 4.79 Å². The first kappa shape index (κ1) is 13.1. The van der Waals surface area contributed by atoms with Gasteiger partial charge in [0.1, 0.15) is 0 Å². The molecule has 1 aliphatic carbocycles. The van der Waals surface area contributed by atoms with Crippen LogP contribution in [0.5, 0.6) is 0 Å². The van der Waals surface area contributed by atoms with Crippen LogP contribution in [0.25, 0.3) is 10.9 Å². The molecule has 1 heterocycles. The number of hydrogen-bond donors (Lipinski definition) is 1. The van der Waals surface area contributed by atoms with E-state index in [0.29, 0.717) is 5.56 Å². The van der Waals surface area contributed by atoms with Crippen molar-refractivity contribution in [2.45, 2.75) is 39.0 Å². The van der Waals surface area contributed by atoms with E-state index in [2.05, 4.69) is 13.0 Å². The Morgan fingerprint density at radius 3 is 3.00 bits per heavy atom. The van der Waals surface area contributed by atoms with Crippen molar-refractivity contribution in [1.82, 2.24) is 4.98 Å². The number of amides is 1. The Hall–Kier alpha value is -1.90. The van der Waals surface area contributed by atoms with Crippen LogP contribution < -0.4 is 5.73 Å². The van der Waals surface area contributed by atoms with E-state index in [9.17, 15) is 4.79 Å². The van der Waals surface area contributed by atoms with Crippen LogP contribution >= 0.6 is 0 Å². The van der Waals surface area contributed by atoms with Gasteiger partial charge in [0.25, 0.3) is 0 Å². The minimum absolute atomic E-state index is 0.381. The van der Waals surface area contributed by atoms with Gasteiger partial charge in [-0.1, -0.05) is 19.8 Å². The summed E-state index contributed by atoms with van der Waals surface area (Å²) in [7, 11) is 0. The first-order valence-electron chi connectivity index (χ1n) is 7.39. The molecule has 20 heavy (non-hydrogen) atoms. The van der Waals surface area contributed by atoms with Crippen LogP contribution in [0.2, 0.25) is 0 Å². The maximum atomic E-state index is 11.3. The summed E-state index contributed by atoms with van der Waals surface area (Å²) in [6, 6.07) is 7.71. The highest BCUT2D eigenvalue weighted by molar-refractivity contribution is 5.97. The largest absolute Gasteiger partial charge is 0.366 e. The van der Waals surface area contributed by atoms with E-state index in [1.54, 1.807) is 6.07 Å². The molecular formula is C17H20N2O. The summed E-state index contributed by atoms with van der Waals surface area (Å²) >= 11 is 0. The molecule has 1 amide bonds. The minimum Gasteiger partial charge on any atom is -0.366 e. The molecule has 3 heteroatoms. The fourth-order valence-electron chi connectivity index (χ4n) is 3.22. The zero-order valence-electron chi connectivity index (χ0n) is 11.9. The summed E-state index contributed by atoms with van der Waals surface area (Å²) in [5.41, 5.74) is 9.45. The second-order valence-corrected chi connectivity index (χ2v) is 5.76. The second kappa shape index (κ2) is 5.23. The Morgan fingerprint density at radius 1 is 1.40 bits per heavy atom. The molecule has 0 bridgehead atoms. The van der Waals surface area contributed by atoms with Gasteiger partial charge in [0.2, 0.25) is 5.91 Å². The van der Waals surface area contributed by atoms with Gasteiger partial charge in [-0.05, 0) is 55.0 Å². The van der Waals surface area contributed by atoms with Crippen LogP contribution in [0.1, 0.15) is 47.8 Å². The maximum absolute atomic E-state index is 11.3. The normalized spacial score (nSPS) is 17.9. The molecule has 3 rings (SSSR count). The van der Waals surface area contributed by atoms with Crippen LogP contribution in [0.3, 0.4) is 0 Å². The summed E-state index contributed by atoms with van der Waals surface area (Å²) in [6.45, 7) is 2.24. The quantitative estimate of drug-likeness (QED) is 0.929. The Morgan fingerprint density at radius 2 is 2.25 bits per heavy atom. The average Bonchev–Trinajstić information content (AvgIpc) is 2.44. The lowest BCUT2D eigenvalue weighted by Gasteiger charge is -2.24. The number of primary amides is 1. The molecule has 1 aliphatic rings. The zero-order valence-corrected chi connectivity index (χ0v) is 11.9. The molecule has 0 spiro atoms. The number of pyridine rings is 1. The van der Waals surface area contributed by atoms with Crippen molar-refractivity contribution >= 4 is 16.8 Å². The molecule has 2 aromatic rings. The molecule has 2 N–H and O–H groups in total. The van der Waals surface area contributed by atoms with E-state index >= 15 is 0 Å². The summed E-state index contributed by atoms with van der Waals surface area (Å²) in [5.74, 6) is 0.402. The molecule has 1 atom stereocenters. The van der Waals surface area contributed by atoms with Crippen LogP contribution in [-0.2, 0) is 12.8 Å². The van der Waals surface area contributed by atoms with E-state index < -0.39 is 0 Å². The highest BCUT2D eigenvalue weighted by Crippen LogP contribution is 2.29. The number of fused-ring (bicyclic) bond motifs is 2. The van der Waals surface area contributed by atoms with Crippen LogP contribution in [0, 0.1) is 5.92 Å². The second-order valence-electron chi connectivity index (χ2n) is 5.76. The molecule has 104 valence electrons. The molecule has 0 radical (unpaired) electrons. The van der Waals surface area contributed by atoms with Gasteiger partial charge in [0.05, 0.1) is 5.52 Å². The number of hydrogen-bond acceptors (Lipinski definition) is 2. The lowest BCUT2D eigenvalue weighted by Crippen LogP contribution is -2.15. The number of aromatic nitrogens is 1. The van der Waals surface area contributed by atoms with Crippen molar-refractivity contribution in [3.05, 3.63) is 41.1 Å². The van der Waals surface area contributed by atoms with Crippen molar-refractivity contribution in [1.29, 1.82) is 0 Å². The number of carbonyl (C=O) groups is 1. The third-order valence-corrected chi connectivity index (χ3v) is 4.26. The number of nitrogens with zero attached hydrogens (tertiary/aromatic N) is 1. The zero-order chi connectivity index (χ0) is 14.1. The van der Waals surface area contributed by atoms with Gasteiger partial charge in [0, 0.05) is 16.6 Å². The van der Waals surface area contributed by atoms with E-state index in [1.165, 1.54) is 30.5 Å². The summed E-state index contributed by atoms with van der Waals surface area (Å²) in [4.78, 5) is 16.0. The Bertz CT molecular complexity index is 663. The van der Waals surface area contributed by atoms with Crippen molar-refractivity contribution in [2.24, 2.45) is 11.7 Å². The molecule has 0 fully saturated rings. The number of aryl methyl sites for hydroxylation is 1. The average molecular weight is 268 g/mol. The smallest absolute Gasteiger partial charge is 0.248 e. The van der Waals surface area contributed by atoms with Crippen LogP contribution in [0.4, 0.5) is 0 Å². The third-order valence-electron chi connectivity index (χ3n) is 4.26. The van der Waals surface area contributed by atoms with Crippen LogP contribution in [-0.4, -0.2) is 10.9 Å². The van der Waals surface area contributed by atoms with Gasteiger partial charge in [-0.2, -0.15) is 0 Å². The van der Waals surface area contributed by atoms with Gasteiger partial charge < -0.3 is 5.73 Å². The Kier molecular flexibility index (Phi) is 3.43. The molecule has 3 nitrogen and oxygen atoms in total. The number of benzene rings is 1. The summed E-state index contributed by atoms with van der Waals surface area (Å²) in [6.07, 6.45) is 5.98. The third kappa shape index (κ3) is 2.40. The number of rotatable bonds is 3. The van der Waals surface area contributed by atoms with E-state index in [4.69, 9.17) is 10.7 Å². The maximum Gasteiger partial charge on any atom is 0.248 e. The topological polar surface area (TPSA) is 56.0 Å². The van der Waals surface area contributed by atoms with E-state index in [1.807, 2.05) is 12.1 Å². The molecule has 0 saturated heterocycles. The SMILES string of the molecule is CCCC1CCc2nc3ccc(C(N)=O)cc3cc2C1. The van der Waals surface area contributed by atoms with Crippen molar-refractivity contribution in [2.75, 3.05) is 0 Å². The molecule has 1 aromatic heterocycles. The molecular weight excluding hydrogens is 248 g/mol. The van der Waals surface area contributed by atoms with Gasteiger partial charge in [0.15, 0.2) is 0 Å². The minimum atomic E-state index is -0.381. The fourth-order valence-corrected chi connectivity index (χ4v) is 3.22. The predicted molar refractivity (Wildman–Crippen MR) is 80.7 cm³/mol.